The highest BCUT2D eigenvalue weighted by Gasteiger charge is 2.15. The normalized spacial score (nSPS) is 10.4. The molecule has 2 aromatic carbocycles. The average Bonchev–Trinajstić information content (AvgIpc) is 2.74. The van der Waals surface area contributed by atoms with Crippen molar-refractivity contribution in [2.45, 2.75) is 0 Å². The first-order chi connectivity index (χ1) is 13.7. The van der Waals surface area contributed by atoms with Gasteiger partial charge in [-0.05, 0) is 12.1 Å². The zero-order chi connectivity index (χ0) is 19.8. The molecule has 0 aliphatic heterocycles. The Morgan fingerprint density at radius 3 is 2.50 bits per heavy atom. The number of aromatic nitrogens is 2. The molecule has 3 rings (SSSR count). The van der Waals surface area contributed by atoms with E-state index in [-0.39, 0.29) is 11.6 Å². The van der Waals surface area contributed by atoms with Crippen molar-refractivity contribution in [2.75, 3.05) is 38.0 Å². The first-order valence-corrected chi connectivity index (χ1v) is 8.83. The second-order valence-corrected chi connectivity index (χ2v) is 5.90. The van der Waals surface area contributed by atoms with Crippen LogP contribution in [0.15, 0.2) is 60.7 Å². The summed E-state index contributed by atoms with van der Waals surface area (Å²) in [4.78, 5) is 21.8. The number of nitrogens with one attached hydrogen (secondary N) is 2. The summed E-state index contributed by atoms with van der Waals surface area (Å²) in [5.74, 6) is 1.25. The van der Waals surface area contributed by atoms with Crippen LogP contribution < -0.4 is 15.4 Å². The average molecular weight is 378 g/mol. The molecular formula is C21H22N4O3. The van der Waals surface area contributed by atoms with Crippen LogP contribution in [0.1, 0.15) is 10.5 Å². The third kappa shape index (κ3) is 4.83. The fourth-order valence-electron chi connectivity index (χ4n) is 2.59. The van der Waals surface area contributed by atoms with Gasteiger partial charge < -0.3 is 20.1 Å². The van der Waals surface area contributed by atoms with Crippen LogP contribution >= 0.6 is 0 Å². The summed E-state index contributed by atoms with van der Waals surface area (Å²) in [5, 5.41) is 6.00. The van der Waals surface area contributed by atoms with Crippen LogP contribution in [0.25, 0.3) is 11.4 Å². The smallest absolute Gasteiger partial charge is 0.274 e. The molecule has 0 unspecified atom stereocenters. The molecule has 0 aliphatic rings. The van der Waals surface area contributed by atoms with Crippen LogP contribution in [0.3, 0.4) is 0 Å². The first-order valence-electron chi connectivity index (χ1n) is 8.83. The predicted molar refractivity (Wildman–Crippen MR) is 109 cm³/mol. The molecule has 3 aromatic rings. The minimum absolute atomic E-state index is 0.250. The number of anilines is 2. The molecular weight excluding hydrogens is 356 g/mol. The van der Waals surface area contributed by atoms with E-state index in [2.05, 4.69) is 20.6 Å². The molecule has 1 heterocycles. The van der Waals surface area contributed by atoms with Gasteiger partial charge in [0, 0.05) is 25.3 Å². The zero-order valence-corrected chi connectivity index (χ0v) is 15.8. The van der Waals surface area contributed by atoms with Crippen LogP contribution in [0.5, 0.6) is 5.75 Å². The molecule has 0 atom stereocenters. The lowest BCUT2D eigenvalue weighted by Gasteiger charge is -2.12. The fourth-order valence-corrected chi connectivity index (χ4v) is 2.59. The van der Waals surface area contributed by atoms with Crippen LogP contribution in [0, 0.1) is 0 Å². The van der Waals surface area contributed by atoms with Crippen LogP contribution in [-0.2, 0) is 4.74 Å². The topological polar surface area (TPSA) is 85.4 Å². The van der Waals surface area contributed by atoms with Gasteiger partial charge in [-0.15, -0.1) is 0 Å². The van der Waals surface area contributed by atoms with Gasteiger partial charge in [0.2, 0.25) is 0 Å². The maximum atomic E-state index is 12.8. The molecule has 0 bridgehead atoms. The summed E-state index contributed by atoms with van der Waals surface area (Å²) in [5.41, 5.74) is 1.65. The summed E-state index contributed by atoms with van der Waals surface area (Å²) in [6, 6.07) is 18.3. The van der Waals surface area contributed by atoms with Crippen molar-refractivity contribution in [1.82, 2.24) is 9.97 Å². The lowest BCUT2D eigenvalue weighted by Crippen LogP contribution is -2.17. The summed E-state index contributed by atoms with van der Waals surface area (Å²) >= 11 is 0. The highest BCUT2D eigenvalue weighted by Crippen LogP contribution is 2.24. The molecule has 0 aliphatic carbocycles. The van der Waals surface area contributed by atoms with E-state index in [4.69, 9.17) is 9.47 Å². The zero-order valence-electron chi connectivity index (χ0n) is 15.8. The Bertz CT molecular complexity index is 932. The molecule has 0 saturated carbocycles. The van der Waals surface area contributed by atoms with E-state index in [0.717, 1.165) is 5.56 Å². The van der Waals surface area contributed by atoms with E-state index < -0.39 is 0 Å². The Balaban J connectivity index is 1.91. The molecule has 144 valence electrons. The number of benzene rings is 2. The Kier molecular flexibility index (Phi) is 6.54. The van der Waals surface area contributed by atoms with Gasteiger partial charge in [0.25, 0.3) is 5.91 Å². The van der Waals surface area contributed by atoms with Gasteiger partial charge in [-0.1, -0.05) is 42.5 Å². The number of para-hydroxylation sites is 2. The molecule has 0 radical (unpaired) electrons. The molecule has 0 spiro atoms. The number of carbonyl (C=O) groups excluding carboxylic acids is 1. The molecule has 2 N–H and O–H groups in total. The van der Waals surface area contributed by atoms with Gasteiger partial charge in [-0.25, -0.2) is 9.97 Å². The molecule has 7 heteroatoms. The number of hydrogen-bond donors (Lipinski definition) is 2. The van der Waals surface area contributed by atoms with E-state index >= 15 is 0 Å². The van der Waals surface area contributed by atoms with Gasteiger partial charge in [-0.2, -0.15) is 0 Å². The van der Waals surface area contributed by atoms with Crippen molar-refractivity contribution < 1.29 is 14.3 Å². The van der Waals surface area contributed by atoms with Crippen LogP contribution in [0.2, 0.25) is 0 Å². The van der Waals surface area contributed by atoms with Crippen molar-refractivity contribution in [3.05, 3.63) is 66.4 Å². The molecule has 28 heavy (non-hydrogen) atoms. The number of methoxy groups -OCH3 is 2. The fraction of sp³-hybridized carbons (Fsp3) is 0.190. The third-order valence-corrected chi connectivity index (χ3v) is 3.96. The number of hydrogen-bond acceptors (Lipinski definition) is 6. The molecule has 1 aromatic heterocycles. The number of nitrogens with zero attached hydrogens (tertiary/aromatic N) is 2. The molecule has 0 saturated heterocycles. The van der Waals surface area contributed by atoms with Gasteiger partial charge in [0.05, 0.1) is 19.4 Å². The van der Waals surface area contributed by atoms with E-state index in [9.17, 15) is 4.79 Å². The lowest BCUT2D eigenvalue weighted by molar-refractivity contribution is 0.102. The van der Waals surface area contributed by atoms with Crippen LogP contribution in [-0.4, -0.2) is 43.2 Å². The quantitative estimate of drug-likeness (QED) is 0.584. The number of ether oxygens (including phenoxy) is 2. The van der Waals surface area contributed by atoms with E-state index in [0.29, 0.717) is 36.2 Å². The number of amides is 1. The van der Waals surface area contributed by atoms with Gasteiger partial charge in [0.15, 0.2) is 5.82 Å². The Morgan fingerprint density at radius 2 is 1.75 bits per heavy atom. The maximum absolute atomic E-state index is 12.8. The number of rotatable bonds is 8. The predicted octanol–water partition coefficient (Wildman–Crippen LogP) is 3.46. The van der Waals surface area contributed by atoms with Crippen molar-refractivity contribution in [1.29, 1.82) is 0 Å². The monoisotopic (exact) mass is 378 g/mol. The Labute approximate surface area is 163 Å². The van der Waals surface area contributed by atoms with E-state index in [1.807, 2.05) is 42.5 Å². The second-order valence-electron chi connectivity index (χ2n) is 5.90. The maximum Gasteiger partial charge on any atom is 0.274 e. The molecule has 1 amide bonds. The Hall–Kier alpha value is -3.45. The van der Waals surface area contributed by atoms with Crippen molar-refractivity contribution in [3.63, 3.8) is 0 Å². The summed E-state index contributed by atoms with van der Waals surface area (Å²) in [6.07, 6.45) is 0. The lowest BCUT2D eigenvalue weighted by atomic mass is 10.2. The Morgan fingerprint density at radius 1 is 1.00 bits per heavy atom. The van der Waals surface area contributed by atoms with Crippen molar-refractivity contribution >= 4 is 17.4 Å². The second kappa shape index (κ2) is 9.48. The number of carbonyl (C=O) groups is 1. The van der Waals surface area contributed by atoms with Gasteiger partial charge in [-0.3, -0.25) is 4.79 Å². The molecule has 7 nitrogen and oxygen atoms in total. The highest BCUT2D eigenvalue weighted by atomic mass is 16.5. The van der Waals surface area contributed by atoms with Gasteiger partial charge >= 0.3 is 0 Å². The van der Waals surface area contributed by atoms with Crippen molar-refractivity contribution in [2.24, 2.45) is 0 Å². The third-order valence-electron chi connectivity index (χ3n) is 3.96. The summed E-state index contributed by atoms with van der Waals surface area (Å²) in [6.45, 7) is 1.09. The van der Waals surface area contributed by atoms with Crippen molar-refractivity contribution in [3.8, 4) is 17.1 Å². The molecule has 0 fully saturated rings. The minimum atomic E-state index is -0.348. The summed E-state index contributed by atoms with van der Waals surface area (Å²) < 4.78 is 10.4. The van der Waals surface area contributed by atoms with E-state index in [1.165, 1.54) is 0 Å². The highest BCUT2D eigenvalue weighted by molar-refractivity contribution is 6.04. The van der Waals surface area contributed by atoms with E-state index in [1.54, 1.807) is 32.4 Å². The standard InChI is InChI=1S/C21H22N4O3/c1-27-13-12-22-19-14-17(23-20(25-19)15-8-4-3-5-9-15)21(26)24-16-10-6-7-11-18(16)28-2/h3-11,14H,12-13H2,1-2H3,(H,24,26)(H,22,23,25). The van der Waals surface area contributed by atoms with Gasteiger partial charge in [0.1, 0.15) is 17.3 Å². The largest absolute Gasteiger partial charge is 0.495 e. The summed E-state index contributed by atoms with van der Waals surface area (Å²) in [7, 11) is 3.18. The minimum Gasteiger partial charge on any atom is -0.495 e. The first kappa shape index (κ1) is 19.3. The SMILES string of the molecule is COCCNc1cc(C(=O)Nc2ccccc2OC)nc(-c2ccccc2)n1. The van der Waals surface area contributed by atoms with Crippen LogP contribution in [0.4, 0.5) is 11.5 Å².